The number of aliphatic hydroxyl groups is 1. The second-order valence-corrected chi connectivity index (χ2v) is 10.1. The van der Waals surface area contributed by atoms with E-state index in [2.05, 4.69) is 26.8 Å². The summed E-state index contributed by atoms with van der Waals surface area (Å²) in [4.78, 5) is 12.6. The number of hydrogen-bond donors (Lipinski definition) is 1. The first-order valence-corrected chi connectivity index (χ1v) is 10.8. The third-order valence-corrected chi connectivity index (χ3v) is 8.98. The maximum atomic E-state index is 12.6. The lowest BCUT2D eigenvalue weighted by Crippen LogP contribution is -2.52. The lowest BCUT2D eigenvalue weighted by atomic mass is 9.46. The van der Waals surface area contributed by atoms with Crippen molar-refractivity contribution in [2.24, 2.45) is 34.5 Å². The van der Waals surface area contributed by atoms with Gasteiger partial charge in [-0.25, -0.2) is 0 Å². The van der Waals surface area contributed by atoms with Gasteiger partial charge in [0, 0.05) is 5.92 Å². The molecule has 0 aliphatic heterocycles. The molecule has 0 spiro atoms. The second kappa shape index (κ2) is 6.22. The summed E-state index contributed by atoms with van der Waals surface area (Å²) in [7, 11) is 0. The van der Waals surface area contributed by atoms with E-state index in [0.29, 0.717) is 11.7 Å². The molecule has 3 fully saturated rings. The van der Waals surface area contributed by atoms with Crippen molar-refractivity contribution in [2.45, 2.75) is 91.1 Å². The molecule has 0 aromatic carbocycles. The summed E-state index contributed by atoms with van der Waals surface area (Å²) in [6.45, 7) is 7.06. The van der Waals surface area contributed by atoms with Crippen molar-refractivity contribution in [1.29, 1.82) is 0 Å². The van der Waals surface area contributed by atoms with Crippen LogP contribution in [0.4, 0.5) is 0 Å². The highest BCUT2D eigenvalue weighted by molar-refractivity contribution is 5.93. The first-order chi connectivity index (χ1) is 11.9. The molecule has 4 aliphatic carbocycles. The van der Waals surface area contributed by atoms with E-state index in [1.165, 1.54) is 44.1 Å². The molecule has 1 unspecified atom stereocenters. The van der Waals surface area contributed by atoms with Gasteiger partial charge in [0.1, 0.15) is 0 Å². The van der Waals surface area contributed by atoms with Gasteiger partial charge in [0.2, 0.25) is 0 Å². The molecule has 3 saturated carbocycles. The van der Waals surface area contributed by atoms with Crippen molar-refractivity contribution in [1.82, 2.24) is 0 Å². The van der Waals surface area contributed by atoms with E-state index >= 15 is 0 Å². The standard InChI is InChI=1S/C23H36O2/c1-4-5-6-15-14-23(3)16(13-20(15)24)7-8-17-18-9-10-21(25)22(18,2)12-11-19(17)23/h13,15,17-19,21,25H,4-12,14H2,1-3H3/t15?,17-,18-,19-,21-,22-,23-/m0/s1. The second-order valence-electron chi connectivity index (χ2n) is 10.1. The molecule has 25 heavy (non-hydrogen) atoms. The van der Waals surface area contributed by atoms with Crippen LogP contribution in [0.2, 0.25) is 0 Å². The molecule has 0 heterocycles. The van der Waals surface area contributed by atoms with Gasteiger partial charge in [-0.15, -0.1) is 0 Å². The maximum Gasteiger partial charge on any atom is 0.158 e. The van der Waals surface area contributed by atoms with E-state index < -0.39 is 0 Å². The predicted molar refractivity (Wildman–Crippen MR) is 101 cm³/mol. The number of fused-ring (bicyclic) bond motifs is 5. The highest BCUT2D eigenvalue weighted by Gasteiger charge is 2.59. The summed E-state index contributed by atoms with van der Waals surface area (Å²) in [6.07, 6.45) is 13.5. The van der Waals surface area contributed by atoms with E-state index in [9.17, 15) is 9.90 Å². The molecule has 1 N–H and O–H groups in total. The van der Waals surface area contributed by atoms with Crippen LogP contribution in [0.25, 0.3) is 0 Å². The van der Waals surface area contributed by atoms with Gasteiger partial charge in [-0.3, -0.25) is 4.79 Å². The third-order valence-electron chi connectivity index (χ3n) is 8.98. The summed E-state index contributed by atoms with van der Waals surface area (Å²) in [6, 6.07) is 0. The average Bonchev–Trinajstić information content (AvgIpc) is 2.89. The van der Waals surface area contributed by atoms with Crippen LogP contribution in [0.1, 0.15) is 85.0 Å². The Morgan fingerprint density at radius 2 is 1.96 bits per heavy atom. The zero-order valence-corrected chi connectivity index (χ0v) is 16.4. The summed E-state index contributed by atoms with van der Waals surface area (Å²) < 4.78 is 0. The van der Waals surface area contributed by atoms with Crippen LogP contribution in [0.15, 0.2) is 11.6 Å². The lowest BCUT2D eigenvalue weighted by molar-refractivity contribution is -0.123. The summed E-state index contributed by atoms with van der Waals surface area (Å²) in [5.74, 6) is 2.86. The number of allylic oxidation sites excluding steroid dienone is 1. The minimum atomic E-state index is -0.0894. The molecular formula is C23H36O2. The van der Waals surface area contributed by atoms with Crippen molar-refractivity contribution in [2.75, 3.05) is 0 Å². The monoisotopic (exact) mass is 344 g/mol. The van der Waals surface area contributed by atoms with E-state index in [0.717, 1.165) is 37.5 Å². The fourth-order valence-electron chi connectivity index (χ4n) is 7.42. The molecule has 0 radical (unpaired) electrons. The smallest absolute Gasteiger partial charge is 0.158 e. The number of ketones is 1. The third kappa shape index (κ3) is 2.58. The largest absolute Gasteiger partial charge is 0.393 e. The number of carbonyl (C=O) groups excluding carboxylic acids is 1. The van der Waals surface area contributed by atoms with Gasteiger partial charge in [-0.05, 0) is 86.0 Å². The van der Waals surface area contributed by atoms with Crippen molar-refractivity contribution in [3.05, 3.63) is 11.6 Å². The number of hydrogen-bond acceptors (Lipinski definition) is 2. The SMILES string of the molecule is CCCCC1C[C@@]2(C)C(=CC1=O)CC[C@H]1[C@@H]3CC[C@H](O)[C@@]3(C)CC[C@@H]12. The topological polar surface area (TPSA) is 37.3 Å². The molecule has 7 atom stereocenters. The zero-order chi connectivity index (χ0) is 17.8. The van der Waals surface area contributed by atoms with Gasteiger partial charge in [0.25, 0.3) is 0 Å². The summed E-state index contributed by atoms with van der Waals surface area (Å²) in [5.41, 5.74) is 1.86. The van der Waals surface area contributed by atoms with Crippen LogP contribution in [-0.4, -0.2) is 17.0 Å². The normalized spacial score (nSPS) is 49.2. The van der Waals surface area contributed by atoms with Crippen LogP contribution in [0.3, 0.4) is 0 Å². The fourth-order valence-corrected chi connectivity index (χ4v) is 7.42. The molecule has 2 heteroatoms. The Morgan fingerprint density at radius 1 is 1.16 bits per heavy atom. The molecule has 0 amide bonds. The molecule has 0 bridgehead atoms. The Morgan fingerprint density at radius 3 is 2.72 bits per heavy atom. The van der Waals surface area contributed by atoms with Gasteiger partial charge in [-0.2, -0.15) is 0 Å². The van der Waals surface area contributed by atoms with Crippen molar-refractivity contribution in [3.63, 3.8) is 0 Å². The minimum absolute atomic E-state index is 0.0894. The number of unbranched alkanes of at least 4 members (excludes halogenated alkanes) is 1. The zero-order valence-electron chi connectivity index (χ0n) is 16.4. The van der Waals surface area contributed by atoms with Gasteiger partial charge in [-0.1, -0.05) is 39.2 Å². The number of carbonyl (C=O) groups is 1. The van der Waals surface area contributed by atoms with Crippen LogP contribution < -0.4 is 0 Å². The molecular weight excluding hydrogens is 308 g/mol. The number of aliphatic hydroxyl groups excluding tert-OH is 1. The van der Waals surface area contributed by atoms with E-state index in [-0.39, 0.29) is 22.9 Å². The number of rotatable bonds is 3. The first-order valence-electron chi connectivity index (χ1n) is 10.8. The van der Waals surface area contributed by atoms with Crippen LogP contribution in [0.5, 0.6) is 0 Å². The fraction of sp³-hybridized carbons (Fsp3) is 0.870. The van der Waals surface area contributed by atoms with Gasteiger partial charge < -0.3 is 5.11 Å². The Kier molecular flexibility index (Phi) is 4.42. The van der Waals surface area contributed by atoms with Crippen molar-refractivity contribution < 1.29 is 9.90 Å². The average molecular weight is 345 g/mol. The minimum Gasteiger partial charge on any atom is -0.393 e. The highest BCUT2D eigenvalue weighted by atomic mass is 16.3. The molecule has 4 aliphatic rings. The van der Waals surface area contributed by atoms with E-state index in [4.69, 9.17) is 0 Å². The van der Waals surface area contributed by atoms with Gasteiger partial charge in [0.15, 0.2) is 5.78 Å². The van der Waals surface area contributed by atoms with Crippen LogP contribution in [0, 0.1) is 34.5 Å². The van der Waals surface area contributed by atoms with Gasteiger partial charge >= 0.3 is 0 Å². The maximum absolute atomic E-state index is 12.6. The van der Waals surface area contributed by atoms with Crippen molar-refractivity contribution >= 4 is 5.78 Å². The molecule has 140 valence electrons. The summed E-state index contributed by atoms with van der Waals surface area (Å²) in [5, 5.41) is 10.6. The van der Waals surface area contributed by atoms with Crippen LogP contribution in [-0.2, 0) is 4.79 Å². The Hall–Kier alpha value is -0.630. The Labute approximate surface area is 153 Å². The predicted octanol–water partition coefficient (Wildman–Crippen LogP) is 5.30. The van der Waals surface area contributed by atoms with Crippen LogP contribution >= 0.6 is 0 Å². The highest BCUT2D eigenvalue weighted by Crippen LogP contribution is 2.65. The Balaban J connectivity index is 1.62. The Bertz CT molecular complexity index is 579. The van der Waals surface area contributed by atoms with E-state index in [1.54, 1.807) is 0 Å². The lowest BCUT2D eigenvalue weighted by Gasteiger charge is -2.58. The molecule has 0 saturated heterocycles. The van der Waals surface area contributed by atoms with Crippen molar-refractivity contribution in [3.8, 4) is 0 Å². The summed E-state index contributed by atoms with van der Waals surface area (Å²) >= 11 is 0. The molecule has 0 aromatic rings. The first kappa shape index (κ1) is 17.8. The van der Waals surface area contributed by atoms with E-state index in [1.807, 2.05) is 0 Å². The molecule has 4 rings (SSSR count). The molecule has 0 aromatic heterocycles. The quantitative estimate of drug-likeness (QED) is 0.755. The molecule has 2 nitrogen and oxygen atoms in total. The van der Waals surface area contributed by atoms with Gasteiger partial charge in [0.05, 0.1) is 6.10 Å².